The predicted molar refractivity (Wildman–Crippen MR) is 101 cm³/mol. The average molecular weight is 349 g/mol. The van der Waals surface area contributed by atoms with Crippen molar-refractivity contribution >= 4 is 5.91 Å². The van der Waals surface area contributed by atoms with Crippen LogP contribution in [0, 0.1) is 6.92 Å². The summed E-state index contributed by atoms with van der Waals surface area (Å²) in [7, 11) is 3.54. The second-order valence-corrected chi connectivity index (χ2v) is 6.30. The van der Waals surface area contributed by atoms with Crippen LogP contribution in [0.15, 0.2) is 60.9 Å². The van der Waals surface area contributed by atoms with Gasteiger partial charge >= 0.3 is 0 Å². The van der Waals surface area contributed by atoms with Crippen LogP contribution >= 0.6 is 0 Å². The van der Waals surface area contributed by atoms with Gasteiger partial charge in [-0.15, -0.1) is 0 Å². The number of benzene rings is 2. The van der Waals surface area contributed by atoms with E-state index in [1.807, 2.05) is 73.3 Å². The summed E-state index contributed by atoms with van der Waals surface area (Å²) in [6.45, 7) is 2.04. The van der Waals surface area contributed by atoms with E-state index in [9.17, 15) is 4.79 Å². The van der Waals surface area contributed by atoms with Crippen molar-refractivity contribution in [3.8, 4) is 5.75 Å². The maximum Gasteiger partial charge on any atom is 0.225 e. The third-order valence-electron chi connectivity index (χ3n) is 4.38. The first-order valence-corrected chi connectivity index (χ1v) is 8.53. The Morgan fingerprint density at radius 3 is 2.58 bits per heavy atom. The zero-order chi connectivity index (χ0) is 18.5. The molecule has 0 saturated heterocycles. The lowest BCUT2D eigenvalue weighted by Gasteiger charge is -2.20. The molecule has 0 bridgehead atoms. The quantitative estimate of drug-likeness (QED) is 0.744. The molecule has 5 nitrogen and oxygen atoms in total. The van der Waals surface area contributed by atoms with Gasteiger partial charge in [0.1, 0.15) is 17.6 Å². The van der Waals surface area contributed by atoms with Gasteiger partial charge in [-0.25, -0.2) is 4.98 Å². The second kappa shape index (κ2) is 7.87. The van der Waals surface area contributed by atoms with Crippen LogP contribution in [0.1, 0.15) is 28.6 Å². The minimum absolute atomic E-state index is 0.0805. The smallest absolute Gasteiger partial charge is 0.225 e. The zero-order valence-corrected chi connectivity index (χ0v) is 15.3. The number of amides is 1. The largest absolute Gasteiger partial charge is 0.496 e. The van der Waals surface area contributed by atoms with Gasteiger partial charge in [0.15, 0.2) is 0 Å². The molecule has 134 valence electrons. The van der Waals surface area contributed by atoms with E-state index in [4.69, 9.17) is 4.74 Å². The highest BCUT2D eigenvalue weighted by Crippen LogP contribution is 2.22. The maximum absolute atomic E-state index is 12.7. The summed E-state index contributed by atoms with van der Waals surface area (Å²) in [6, 6.07) is 15.4. The number of carbonyl (C=O) groups excluding carboxylic acids is 1. The van der Waals surface area contributed by atoms with Crippen LogP contribution in [0.2, 0.25) is 0 Å². The van der Waals surface area contributed by atoms with Crippen molar-refractivity contribution in [2.75, 3.05) is 7.11 Å². The number of carbonyl (C=O) groups is 1. The number of aromatic nitrogens is 2. The number of hydrogen-bond donors (Lipinski definition) is 1. The number of ether oxygens (including phenoxy) is 1. The Bertz CT molecular complexity index is 884. The van der Waals surface area contributed by atoms with E-state index in [2.05, 4.69) is 10.3 Å². The number of imidazole rings is 1. The molecule has 1 aromatic heterocycles. The van der Waals surface area contributed by atoms with E-state index >= 15 is 0 Å². The lowest BCUT2D eigenvalue weighted by atomic mass is 10.0. The lowest BCUT2D eigenvalue weighted by molar-refractivity contribution is -0.121. The number of hydrogen-bond acceptors (Lipinski definition) is 3. The highest BCUT2D eigenvalue weighted by atomic mass is 16.5. The molecule has 1 unspecified atom stereocenters. The maximum atomic E-state index is 12.7. The van der Waals surface area contributed by atoms with Crippen molar-refractivity contribution in [3.05, 3.63) is 83.4 Å². The average Bonchev–Trinajstić information content (AvgIpc) is 3.07. The fourth-order valence-electron chi connectivity index (χ4n) is 2.95. The Hall–Kier alpha value is -3.08. The number of methoxy groups -OCH3 is 1. The van der Waals surface area contributed by atoms with Crippen molar-refractivity contribution in [3.63, 3.8) is 0 Å². The van der Waals surface area contributed by atoms with E-state index in [0.717, 1.165) is 17.0 Å². The number of nitrogens with zero attached hydrogens (tertiary/aromatic N) is 2. The van der Waals surface area contributed by atoms with E-state index in [0.29, 0.717) is 5.75 Å². The molecule has 3 rings (SSSR count). The summed E-state index contributed by atoms with van der Waals surface area (Å²) in [5.74, 6) is 1.43. The molecule has 0 spiro atoms. The Labute approximate surface area is 153 Å². The molecule has 26 heavy (non-hydrogen) atoms. The minimum Gasteiger partial charge on any atom is -0.496 e. The fourth-order valence-corrected chi connectivity index (χ4v) is 2.95. The molecule has 3 aromatic rings. The topological polar surface area (TPSA) is 56.1 Å². The van der Waals surface area contributed by atoms with Crippen LogP contribution in [0.4, 0.5) is 0 Å². The summed E-state index contributed by atoms with van der Waals surface area (Å²) in [6.07, 6.45) is 3.86. The van der Waals surface area contributed by atoms with Gasteiger partial charge in [-0.2, -0.15) is 0 Å². The van der Waals surface area contributed by atoms with E-state index in [1.165, 1.54) is 5.56 Å². The predicted octanol–water partition coefficient (Wildman–Crippen LogP) is 3.19. The molecule has 5 heteroatoms. The minimum atomic E-state index is -0.308. The monoisotopic (exact) mass is 349 g/mol. The SMILES string of the molecule is COc1ccccc1CC(=O)NC(c1ccc(C)cc1)c1nccn1C. The van der Waals surface area contributed by atoms with Crippen molar-refractivity contribution in [1.82, 2.24) is 14.9 Å². The normalized spacial score (nSPS) is 11.8. The van der Waals surface area contributed by atoms with Gasteiger partial charge in [-0.3, -0.25) is 4.79 Å². The van der Waals surface area contributed by atoms with Crippen LogP contribution in [0.3, 0.4) is 0 Å². The molecule has 1 N–H and O–H groups in total. The fraction of sp³-hybridized carbons (Fsp3) is 0.238. The van der Waals surface area contributed by atoms with E-state index < -0.39 is 0 Å². The number of nitrogens with one attached hydrogen (secondary N) is 1. The van der Waals surface area contributed by atoms with Crippen LogP contribution in [-0.4, -0.2) is 22.6 Å². The third-order valence-corrected chi connectivity index (χ3v) is 4.38. The Morgan fingerprint density at radius 1 is 1.19 bits per heavy atom. The summed E-state index contributed by atoms with van der Waals surface area (Å²) in [5.41, 5.74) is 3.03. The Balaban J connectivity index is 1.85. The first kappa shape index (κ1) is 17.7. The Morgan fingerprint density at radius 2 is 1.92 bits per heavy atom. The van der Waals surface area contributed by atoms with Gasteiger partial charge < -0.3 is 14.6 Å². The van der Waals surface area contributed by atoms with Crippen molar-refractivity contribution in [2.24, 2.45) is 7.05 Å². The molecule has 0 fully saturated rings. The summed E-state index contributed by atoms with van der Waals surface area (Å²) >= 11 is 0. The lowest BCUT2D eigenvalue weighted by Crippen LogP contribution is -2.32. The molecular formula is C21H23N3O2. The molecule has 0 aliphatic rings. The molecule has 0 aliphatic heterocycles. The summed E-state index contributed by atoms with van der Waals surface area (Å²) in [4.78, 5) is 17.2. The van der Waals surface area contributed by atoms with E-state index in [-0.39, 0.29) is 18.4 Å². The molecule has 0 aliphatic carbocycles. The van der Waals surface area contributed by atoms with Crippen molar-refractivity contribution < 1.29 is 9.53 Å². The first-order valence-electron chi connectivity index (χ1n) is 8.53. The molecule has 1 amide bonds. The van der Waals surface area contributed by atoms with Gasteiger partial charge in [-0.1, -0.05) is 48.0 Å². The summed E-state index contributed by atoms with van der Waals surface area (Å²) in [5, 5.41) is 3.12. The molecule has 1 heterocycles. The summed E-state index contributed by atoms with van der Waals surface area (Å²) < 4.78 is 7.27. The van der Waals surface area contributed by atoms with Gasteiger partial charge in [0.25, 0.3) is 0 Å². The standard InChI is InChI=1S/C21H23N3O2/c1-15-8-10-16(11-9-15)20(21-22-12-13-24(21)2)23-19(25)14-17-6-4-5-7-18(17)26-3/h4-13,20H,14H2,1-3H3,(H,23,25). The van der Waals surface area contributed by atoms with Gasteiger partial charge in [0, 0.05) is 25.0 Å². The van der Waals surface area contributed by atoms with Crippen LogP contribution in [-0.2, 0) is 18.3 Å². The van der Waals surface area contributed by atoms with Crippen molar-refractivity contribution in [1.29, 1.82) is 0 Å². The van der Waals surface area contributed by atoms with Gasteiger partial charge in [0.2, 0.25) is 5.91 Å². The van der Waals surface area contributed by atoms with Gasteiger partial charge in [0.05, 0.1) is 13.5 Å². The highest BCUT2D eigenvalue weighted by molar-refractivity contribution is 5.80. The van der Waals surface area contributed by atoms with Crippen LogP contribution in [0.25, 0.3) is 0 Å². The van der Waals surface area contributed by atoms with Crippen LogP contribution in [0.5, 0.6) is 5.75 Å². The van der Waals surface area contributed by atoms with Crippen molar-refractivity contribution in [2.45, 2.75) is 19.4 Å². The Kier molecular flexibility index (Phi) is 5.37. The number of para-hydroxylation sites is 1. The van der Waals surface area contributed by atoms with Crippen LogP contribution < -0.4 is 10.1 Å². The molecule has 0 saturated carbocycles. The number of aryl methyl sites for hydroxylation is 2. The zero-order valence-electron chi connectivity index (χ0n) is 15.3. The number of rotatable bonds is 6. The second-order valence-electron chi connectivity index (χ2n) is 6.30. The molecular weight excluding hydrogens is 326 g/mol. The molecule has 2 aromatic carbocycles. The third kappa shape index (κ3) is 3.94. The molecule has 1 atom stereocenters. The van der Waals surface area contributed by atoms with E-state index in [1.54, 1.807) is 13.3 Å². The molecule has 0 radical (unpaired) electrons. The first-order chi connectivity index (χ1) is 12.6. The highest BCUT2D eigenvalue weighted by Gasteiger charge is 2.21. The van der Waals surface area contributed by atoms with Gasteiger partial charge in [-0.05, 0) is 18.6 Å².